The number of nitrogens with one attached hydrogen (secondary N) is 2. The zero-order chi connectivity index (χ0) is 24.6. The Labute approximate surface area is 205 Å². The van der Waals surface area contributed by atoms with Crippen molar-refractivity contribution in [2.45, 2.75) is 13.5 Å². The van der Waals surface area contributed by atoms with Crippen molar-refractivity contribution in [2.75, 3.05) is 11.9 Å². The van der Waals surface area contributed by atoms with E-state index in [0.29, 0.717) is 28.6 Å². The van der Waals surface area contributed by atoms with Crippen molar-refractivity contribution in [3.8, 4) is 10.8 Å². The SMILES string of the molecule is Cc1ccc(CNC(=O)c2ccccc2NC(=O)COC(=O)c2csc(-c3ncccn3)n2)cc1. The molecule has 0 saturated heterocycles. The molecule has 0 fully saturated rings. The number of ether oxygens (including phenoxy) is 1. The number of hydrogen-bond acceptors (Lipinski definition) is 8. The van der Waals surface area contributed by atoms with Gasteiger partial charge in [0.1, 0.15) is 0 Å². The molecule has 0 aliphatic carbocycles. The van der Waals surface area contributed by atoms with Crippen LogP contribution in [-0.4, -0.2) is 39.3 Å². The fourth-order valence-corrected chi connectivity index (χ4v) is 3.78. The Morgan fingerprint density at radius 1 is 0.971 bits per heavy atom. The van der Waals surface area contributed by atoms with E-state index in [2.05, 4.69) is 25.6 Å². The van der Waals surface area contributed by atoms with E-state index in [9.17, 15) is 14.4 Å². The number of carbonyl (C=O) groups is 3. The van der Waals surface area contributed by atoms with Gasteiger partial charge in [-0.05, 0) is 30.7 Å². The summed E-state index contributed by atoms with van der Waals surface area (Å²) in [5.74, 6) is -1.27. The highest BCUT2D eigenvalue weighted by Crippen LogP contribution is 2.20. The molecule has 0 spiro atoms. The number of rotatable bonds is 8. The van der Waals surface area contributed by atoms with Crippen LogP contribution in [0.2, 0.25) is 0 Å². The van der Waals surface area contributed by atoms with E-state index in [4.69, 9.17) is 4.74 Å². The first-order chi connectivity index (χ1) is 17.0. The third-order valence-electron chi connectivity index (χ3n) is 4.82. The molecular formula is C25H21N5O4S. The molecule has 176 valence electrons. The molecule has 35 heavy (non-hydrogen) atoms. The molecular weight excluding hydrogens is 466 g/mol. The lowest BCUT2D eigenvalue weighted by molar-refractivity contribution is -0.119. The molecule has 2 N–H and O–H groups in total. The van der Waals surface area contributed by atoms with Gasteiger partial charge in [-0.25, -0.2) is 19.7 Å². The molecule has 0 atom stereocenters. The number of hydrogen-bond donors (Lipinski definition) is 2. The second-order valence-electron chi connectivity index (χ2n) is 7.45. The van der Waals surface area contributed by atoms with Gasteiger partial charge in [0.05, 0.1) is 11.3 Å². The smallest absolute Gasteiger partial charge is 0.358 e. The van der Waals surface area contributed by atoms with Crippen LogP contribution in [0.5, 0.6) is 0 Å². The lowest BCUT2D eigenvalue weighted by Gasteiger charge is -2.12. The number of nitrogens with zero attached hydrogens (tertiary/aromatic N) is 3. The van der Waals surface area contributed by atoms with Crippen molar-refractivity contribution in [1.82, 2.24) is 20.3 Å². The maximum Gasteiger partial charge on any atom is 0.358 e. The van der Waals surface area contributed by atoms with Crippen molar-refractivity contribution in [3.05, 3.63) is 94.8 Å². The molecule has 9 nitrogen and oxygen atoms in total. The Morgan fingerprint density at radius 3 is 2.49 bits per heavy atom. The number of aryl methyl sites for hydroxylation is 1. The summed E-state index contributed by atoms with van der Waals surface area (Å²) in [6.07, 6.45) is 3.15. The summed E-state index contributed by atoms with van der Waals surface area (Å²) < 4.78 is 5.08. The molecule has 2 amide bonds. The van der Waals surface area contributed by atoms with Gasteiger partial charge in [0.2, 0.25) is 0 Å². The minimum Gasteiger partial charge on any atom is -0.451 e. The molecule has 2 aromatic heterocycles. The standard InChI is InChI=1S/C25H21N5O4S/c1-16-7-9-17(10-8-16)13-28-23(32)18-5-2-3-6-19(18)29-21(31)14-34-25(33)20-15-35-24(30-20)22-26-11-4-12-27-22/h2-12,15H,13-14H2,1H3,(H,28,32)(H,29,31). The minimum atomic E-state index is -0.747. The predicted molar refractivity (Wildman–Crippen MR) is 131 cm³/mol. The number of esters is 1. The molecule has 4 rings (SSSR count). The van der Waals surface area contributed by atoms with E-state index in [-0.39, 0.29) is 11.6 Å². The number of para-hydroxylation sites is 1. The van der Waals surface area contributed by atoms with Crippen LogP contribution >= 0.6 is 11.3 Å². The van der Waals surface area contributed by atoms with E-state index in [1.165, 1.54) is 16.7 Å². The van der Waals surface area contributed by atoms with Gasteiger partial charge in [0.15, 0.2) is 23.1 Å². The average molecular weight is 488 g/mol. The molecule has 10 heteroatoms. The third kappa shape index (κ3) is 6.33. The molecule has 2 heterocycles. The van der Waals surface area contributed by atoms with Crippen molar-refractivity contribution >= 4 is 34.8 Å². The Kier molecular flexibility index (Phi) is 7.53. The van der Waals surface area contributed by atoms with Gasteiger partial charge in [-0.3, -0.25) is 9.59 Å². The zero-order valence-electron chi connectivity index (χ0n) is 18.7. The number of aromatic nitrogens is 3. The van der Waals surface area contributed by atoms with Crippen LogP contribution in [0.25, 0.3) is 10.8 Å². The quantitative estimate of drug-likeness (QED) is 0.364. The Hall–Kier alpha value is -4.44. The molecule has 2 aromatic carbocycles. The van der Waals surface area contributed by atoms with Gasteiger partial charge in [0, 0.05) is 24.3 Å². The van der Waals surface area contributed by atoms with Gasteiger partial charge in [-0.2, -0.15) is 0 Å². The Morgan fingerprint density at radius 2 is 1.71 bits per heavy atom. The molecule has 0 aliphatic heterocycles. The molecule has 0 aliphatic rings. The maximum atomic E-state index is 12.7. The molecule has 0 radical (unpaired) electrons. The van der Waals surface area contributed by atoms with E-state index < -0.39 is 18.5 Å². The van der Waals surface area contributed by atoms with E-state index in [1.807, 2.05) is 31.2 Å². The summed E-state index contributed by atoms with van der Waals surface area (Å²) >= 11 is 1.19. The normalized spacial score (nSPS) is 10.4. The Balaban J connectivity index is 1.32. The second-order valence-corrected chi connectivity index (χ2v) is 8.31. The largest absolute Gasteiger partial charge is 0.451 e. The fraction of sp³-hybridized carbons (Fsp3) is 0.120. The van der Waals surface area contributed by atoms with Crippen LogP contribution in [0.3, 0.4) is 0 Å². The maximum absolute atomic E-state index is 12.7. The van der Waals surface area contributed by atoms with E-state index in [0.717, 1.165) is 11.1 Å². The fourth-order valence-electron chi connectivity index (χ4n) is 3.04. The van der Waals surface area contributed by atoms with Gasteiger partial charge < -0.3 is 15.4 Å². The highest BCUT2D eigenvalue weighted by atomic mass is 32.1. The summed E-state index contributed by atoms with van der Waals surface area (Å²) in [5, 5.41) is 7.44. The monoisotopic (exact) mass is 487 g/mol. The average Bonchev–Trinajstić information content (AvgIpc) is 3.38. The number of anilines is 1. The number of thiazole rings is 1. The van der Waals surface area contributed by atoms with Crippen LogP contribution in [0.1, 0.15) is 32.0 Å². The van der Waals surface area contributed by atoms with Crippen LogP contribution in [0.4, 0.5) is 5.69 Å². The van der Waals surface area contributed by atoms with Gasteiger partial charge >= 0.3 is 5.97 Å². The molecule has 0 bridgehead atoms. The van der Waals surface area contributed by atoms with Crippen LogP contribution < -0.4 is 10.6 Å². The van der Waals surface area contributed by atoms with E-state index >= 15 is 0 Å². The first-order valence-corrected chi connectivity index (χ1v) is 11.5. The second kappa shape index (κ2) is 11.1. The molecule has 4 aromatic rings. The first kappa shape index (κ1) is 23.7. The molecule has 0 unspecified atom stereocenters. The van der Waals surface area contributed by atoms with Crippen LogP contribution in [0, 0.1) is 6.92 Å². The summed E-state index contributed by atoms with van der Waals surface area (Å²) in [7, 11) is 0. The van der Waals surface area contributed by atoms with Crippen LogP contribution in [0.15, 0.2) is 72.4 Å². The summed E-state index contributed by atoms with van der Waals surface area (Å²) in [4.78, 5) is 49.7. The number of amides is 2. The molecule has 0 saturated carbocycles. The van der Waals surface area contributed by atoms with Gasteiger partial charge in [0.25, 0.3) is 11.8 Å². The highest BCUT2D eigenvalue weighted by Gasteiger charge is 2.17. The van der Waals surface area contributed by atoms with Gasteiger partial charge in [-0.1, -0.05) is 42.0 Å². The first-order valence-electron chi connectivity index (χ1n) is 10.6. The minimum absolute atomic E-state index is 0.0566. The van der Waals surface area contributed by atoms with Crippen molar-refractivity contribution < 1.29 is 19.1 Å². The summed E-state index contributed by atoms with van der Waals surface area (Å²) in [5.41, 5.74) is 2.76. The predicted octanol–water partition coefficient (Wildman–Crippen LogP) is 3.63. The van der Waals surface area contributed by atoms with Gasteiger partial charge in [-0.15, -0.1) is 11.3 Å². The number of benzene rings is 2. The number of carbonyl (C=O) groups excluding carboxylic acids is 3. The third-order valence-corrected chi connectivity index (χ3v) is 5.66. The summed E-state index contributed by atoms with van der Waals surface area (Å²) in [6.45, 7) is 1.81. The summed E-state index contributed by atoms with van der Waals surface area (Å²) in [6, 6.07) is 16.1. The topological polar surface area (TPSA) is 123 Å². The van der Waals surface area contributed by atoms with Crippen molar-refractivity contribution in [1.29, 1.82) is 0 Å². The lowest BCUT2D eigenvalue weighted by atomic mass is 10.1. The van der Waals surface area contributed by atoms with E-state index in [1.54, 1.807) is 42.7 Å². The zero-order valence-corrected chi connectivity index (χ0v) is 19.5. The van der Waals surface area contributed by atoms with Crippen molar-refractivity contribution in [2.24, 2.45) is 0 Å². The van der Waals surface area contributed by atoms with Crippen LogP contribution in [-0.2, 0) is 16.1 Å². The highest BCUT2D eigenvalue weighted by molar-refractivity contribution is 7.13. The Bertz CT molecular complexity index is 1340. The van der Waals surface area contributed by atoms with Crippen molar-refractivity contribution in [3.63, 3.8) is 0 Å². The lowest BCUT2D eigenvalue weighted by Crippen LogP contribution is -2.26.